The van der Waals surface area contributed by atoms with E-state index in [1.807, 2.05) is 6.92 Å². The minimum atomic E-state index is 0.189. The Morgan fingerprint density at radius 1 is 1.27 bits per heavy atom. The first-order valence-electron chi connectivity index (χ1n) is 3.95. The van der Waals surface area contributed by atoms with E-state index in [9.17, 15) is 0 Å². The normalized spacial score (nSPS) is 39.0. The molecule has 0 aliphatic carbocycles. The molecule has 3 nitrogen and oxygen atoms in total. The molecule has 0 bridgehead atoms. The number of ether oxygens (including phenoxy) is 3. The van der Waals surface area contributed by atoms with Crippen molar-refractivity contribution >= 4 is 0 Å². The van der Waals surface area contributed by atoms with Crippen LogP contribution in [-0.2, 0) is 14.2 Å². The highest BCUT2D eigenvalue weighted by Crippen LogP contribution is 2.18. The Morgan fingerprint density at radius 2 is 2.00 bits per heavy atom. The molecule has 0 saturated carbocycles. The van der Waals surface area contributed by atoms with E-state index < -0.39 is 0 Å². The van der Waals surface area contributed by atoms with Crippen molar-refractivity contribution < 1.29 is 14.2 Å². The van der Waals surface area contributed by atoms with Gasteiger partial charge in [-0.1, -0.05) is 0 Å². The zero-order valence-corrected chi connectivity index (χ0v) is 7.37. The van der Waals surface area contributed by atoms with Crippen LogP contribution in [0.3, 0.4) is 0 Å². The minimum absolute atomic E-state index is 0.189. The van der Waals surface area contributed by atoms with Gasteiger partial charge in [-0.2, -0.15) is 0 Å². The Kier molecular flexibility index (Phi) is 3.30. The number of hydrogen-bond donors (Lipinski definition) is 0. The molecule has 0 unspecified atom stereocenters. The maximum absolute atomic E-state index is 5.43. The van der Waals surface area contributed by atoms with E-state index in [1.54, 1.807) is 14.2 Å². The lowest BCUT2D eigenvalue weighted by Gasteiger charge is -2.32. The molecule has 0 amide bonds. The van der Waals surface area contributed by atoms with Gasteiger partial charge in [0.2, 0.25) is 0 Å². The fourth-order valence-corrected chi connectivity index (χ4v) is 1.34. The lowest BCUT2D eigenvalue weighted by molar-refractivity contribution is -0.136. The van der Waals surface area contributed by atoms with Crippen LogP contribution in [0.4, 0.5) is 0 Å². The monoisotopic (exact) mass is 160 g/mol. The molecule has 1 saturated heterocycles. The third-order valence-corrected chi connectivity index (χ3v) is 2.20. The van der Waals surface area contributed by atoms with E-state index in [0.717, 1.165) is 6.42 Å². The SMILES string of the molecule is CO[C@H]1CO[C@@H](C)[C@H](OC)C1. The van der Waals surface area contributed by atoms with E-state index in [4.69, 9.17) is 14.2 Å². The first kappa shape index (κ1) is 8.97. The molecule has 0 aromatic carbocycles. The zero-order chi connectivity index (χ0) is 8.27. The van der Waals surface area contributed by atoms with Crippen LogP contribution in [-0.4, -0.2) is 39.1 Å². The van der Waals surface area contributed by atoms with Crippen molar-refractivity contribution in [3.63, 3.8) is 0 Å². The summed E-state index contributed by atoms with van der Waals surface area (Å²) in [7, 11) is 3.42. The van der Waals surface area contributed by atoms with Crippen LogP contribution in [0.15, 0.2) is 0 Å². The van der Waals surface area contributed by atoms with Crippen molar-refractivity contribution in [1.82, 2.24) is 0 Å². The van der Waals surface area contributed by atoms with Crippen molar-refractivity contribution in [2.75, 3.05) is 20.8 Å². The summed E-state index contributed by atoms with van der Waals surface area (Å²) >= 11 is 0. The highest BCUT2D eigenvalue weighted by molar-refractivity contribution is 4.76. The van der Waals surface area contributed by atoms with Gasteiger partial charge in [0.05, 0.1) is 24.9 Å². The van der Waals surface area contributed by atoms with Crippen LogP contribution < -0.4 is 0 Å². The first-order valence-corrected chi connectivity index (χ1v) is 3.95. The standard InChI is InChI=1S/C8H16O3/c1-6-8(10-3)4-7(9-2)5-11-6/h6-8H,4-5H2,1-3H3/t6-,7+,8+/m0/s1. The van der Waals surface area contributed by atoms with E-state index >= 15 is 0 Å². The molecule has 3 heteroatoms. The molecule has 66 valence electrons. The Labute approximate surface area is 67.6 Å². The largest absolute Gasteiger partial charge is 0.379 e. The van der Waals surface area contributed by atoms with Crippen molar-refractivity contribution in [2.45, 2.75) is 31.7 Å². The molecule has 1 heterocycles. The van der Waals surface area contributed by atoms with Crippen molar-refractivity contribution in [1.29, 1.82) is 0 Å². The smallest absolute Gasteiger partial charge is 0.0855 e. The number of methoxy groups -OCH3 is 2. The number of rotatable bonds is 2. The molecule has 1 aliphatic rings. The summed E-state index contributed by atoms with van der Waals surface area (Å²) in [5.41, 5.74) is 0. The summed E-state index contributed by atoms with van der Waals surface area (Å²) in [6.07, 6.45) is 1.53. The van der Waals surface area contributed by atoms with E-state index in [2.05, 4.69) is 0 Å². The van der Waals surface area contributed by atoms with E-state index in [-0.39, 0.29) is 18.3 Å². The third-order valence-electron chi connectivity index (χ3n) is 2.20. The van der Waals surface area contributed by atoms with E-state index in [0.29, 0.717) is 6.61 Å². The fourth-order valence-electron chi connectivity index (χ4n) is 1.34. The van der Waals surface area contributed by atoms with Gasteiger partial charge in [0, 0.05) is 20.6 Å². The molecule has 0 radical (unpaired) electrons. The van der Waals surface area contributed by atoms with Crippen LogP contribution in [0.1, 0.15) is 13.3 Å². The highest BCUT2D eigenvalue weighted by Gasteiger charge is 2.27. The molecular formula is C8H16O3. The maximum Gasteiger partial charge on any atom is 0.0855 e. The van der Waals surface area contributed by atoms with E-state index in [1.165, 1.54) is 0 Å². The molecule has 3 atom stereocenters. The first-order chi connectivity index (χ1) is 5.27. The topological polar surface area (TPSA) is 27.7 Å². The van der Waals surface area contributed by atoms with Crippen LogP contribution in [0.5, 0.6) is 0 Å². The molecule has 0 aromatic rings. The van der Waals surface area contributed by atoms with Gasteiger partial charge in [-0.25, -0.2) is 0 Å². The Balaban J connectivity index is 2.37. The molecule has 0 N–H and O–H groups in total. The van der Waals surface area contributed by atoms with Crippen molar-refractivity contribution in [3.05, 3.63) is 0 Å². The lowest BCUT2D eigenvalue weighted by Crippen LogP contribution is -2.41. The Hall–Kier alpha value is -0.120. The van der Waals surface area contributed by atoms with Crippen LogP contribution in [0.25, 0.3) is 0 Å². The quantitative estimate of drug-likeness (QED) is 0.598. The van der Waals surface area contributed by atoms with Gasteiger partial charge in [-0.05, 0) is 6.92 Å². The molecule has 0 spiro atoms. The predicted molar refractivity (Wildman–Crippen MR) is 41.6 cm³/mol. The fraction of sp³-hybridized carbons (Fsp3) is 1.00. The molecule has 0 aromatic heterocycles. The third kappa shape index (κ3) is 2.15. The minimum Gasteiger partial charge on any atom is -0.379 e. The Bertz CT molecular complexity index is 116. The van der Waals surface area contributed by atoms with Gasteiger partial charge < -0.3 is 14.2 Å². The number of hydrogen-bond acceptors (Lipinski definition) is 3. The summed E-state index contributed by atoms with van der Waals surface area (Å²) in [6, 6.07) is 0. The van der Waals surface area contributed by atoms with Crippen LogP contribution in [0, 0.1) is 0 Å². The molecule has 11 heavy (non-hydrogen) atoms. The molecule has 1 aliphatic heterocycles. The van der Waals surface area contributed by atoms with Gasteiger partial charge >= 0.3 is 0 Å². The second kappa shape index (κ2) is 4.04. The predicted octanol–water partition coefficient (Wildman–Crippen LogP) is 0.825. The second-order valence-electron chi connectivity index (χ2n) is 2.91. The average molecular weight is 160 g/mol. The van der Waals surface area contributed by atoms with Crippen molar-refractivity contribution in [2.24, 2.45) is 0 Å². The van der Waals surface area contributed by atoms with Crippen molar-refractivity contribution in [3.8, 4) is 0 Å². The zero-order valence-electron chi connectivity index (χ0n) is 7.37. The van der Waals surface area contributed by atoms with Gasteiger partial charge in [-0.3, -0.25) is 0 Å². The van der Waals surface area contributed by atoms with Gasteiger partial charge in [0.15, 0.2) is 0 Å². The van der Waals surface area contributed by atoms with Gasteiger partial charge in [0.25, 0.3) is 0 Å². The van der Waals surface area contributed by atoms with Crippen LogP contribution >= 0.6 is 0 Å². The average Bonchev–Trinajstić information content (AvgIpc) is 2.05. The lowest BCUT2D eigenvalue weighted by atomic mass is 10.0. The summed E-state index contributed by atoms with van der Waals surface area (Å²) < 4.78 is 15.8. The maximum atomic E-state index is 5.43. The van der Waals surface area contributed by atoms with Gasteiger partial charge in [0.1, 0.15) is 0 Å². The molecular weight excluding hydrogens is 144 g/mol. The van der Waals surface area contributed by atoms with Crippen LogP contribution in [0.2, 0.25) is 0 Å². The summed E-state index contributed by atoms with van der Waals surface area (Å²) in [5.74, 6) is 0. The Morgan fingerprint density at radius 3 is 2.55 bits per heavy atom. The molecule has 1 rings (SSSR count). The highest BCUT2D eigenvalue weighted by atomic mass is 16.6. The summed E-state index contributed by atoms with van der Waals surface area (Å²) in [5, 5.41) is 0. The summed E-state index contributed by atoms with van der Waals surface area (Å²) in [4.78, 5) is 0. The second-order valence-corrected chi connectivity index (χ2v) is 2.91. The molecule has 1 fully saturated rings. The summed E-state index contributed by atoms with van der Waals surface area (Å²) in [6.45, 7) is 2.72. The van der Waals surface area contributed by atoms with Gasteiger partial charge in [-0.15, -0.1) is 0 Å².